The van der Waals surface area contributed by atoms with E-state index in [1.54, 1.807) is 19.2 Å². The Labute approximate surface area is 94.1 Å². The van der Waals surface area contributed by atoms with Crippen LogP contribution in [0, 0.1) is 0 Å². The summed E-state index contributed by atoms with van der Waals surface area (Å²) in [6.07, 6.45) is 0.888. The first kappa shape index (κ1) is 11.1. The van der Waals surface area contributed by atoms with Gasteiger partial charge in [0.1, 0.15) is 17.2 Å². The summed E-state index contributed by atoms with van der Waals surface area (Å²) in [6, 6.07) is 3.50. The van der Waals surface area contributed by atoms with Crippen molar-refractivity contribution in [2.24, 2.45) is 0 Å². The lowest BCUT2D eigenvalue weighted by atomic mass is 10.0. The van der Waals surface area contributed by atoms with Crippen molar-refractivity contribution >= 4 is 11.6 Å². The number of rotatable bonds is 4. The number of ether oxygens (including phenoxy) is 2. The van der Waals surface area contributed by atoms with E-state index in [2.05, 4.69) is 15.5 Å². The van der Waals surface area contributed by atoms with Gasteiger partial charge in [0.15, 0.2) is 0 Å². The Hall–Kier alpha value is -1.40. The van der Waals surface area contributed by atoms with Crippen LogP contribution in [0.1, 0.15) is 6.42 Å². The van der Waals surface area contributed by atoms with Crippen LogP contribution in [0.4, 0.5) is 11.6 Å². The normalized spacial score (nSPS) is 24.6. The van der Waals surface area contributed by atoms with Crippen molar-refractivity contribution < 1.29 is 9.47 Å². The maximum Gasteiger partial charge on any atom is 0.148 e. The summed E-state index contributed by atoms with van der Waals surface area (Å²) >= 11 is 0. The molecule has 0 radical (unpaired) electrons. The highest BCUT2D eigenvalue weighted by atomic mass is 16.5. The van der Waals surface area contributed by atoms with Crippen LogP contribution in [-0.4, -0.2) is 42.7 Å². The molecule has 1 atom stereocenters. The van der Waals surface area contributed by atoms with Crippen LogP contribution < -0.4 is 11.1 Å². The van der Waals surface area contributed by atoms with Crippen molar-refractivity contribution in [3.63, 3.8) is 0 Å². The summed E-state index contributed by atoms with van der Waals surface area (Å²) in [6.45, 7) is 2.00. The summed E-state index contributed by atoms with van der Waals surface area (Å²) in [5.41, 5.74) is 5.20. The third-order valence-electron chi connectivity index (χ3n) is 2.78. The maximum absolute atomic E-state index is 5.48. The van der Waals surface area contributed by atoms with Crippen LogP contribution in [0.15, 0.2) is 12.1 Å². The van der Waals surface area contributed by atoms with Crippen molar-refractivity contribution in [3.05, 3.63) is 12.1 Å². The van der Waals surface area contributed by atoms with Crippen LogP contribution in [0.25, 0.3) is 0 Å². The summed E-state index contributed by atoms with van der Waals surface area (Å²) in [4.78, 5) is 0. The number of hydrogen-bond donors (Lipinski definition) is 2. The van der Waals surface area contributed by atoms with E-state index in [9.17, 15) is 0 Å². The van der Waals surface area contributed by atoms with Crippen molar-refractivity contribution in [2.75, 3.05) is 37.9 Å². The summed E-state index contributed by atoms with van der Waals surface area (Å²) in [5.74, 6) is 1.11. The van der Waals surface area contributed by atoms with Gasteiger partial charge in [0.2, 0.25) is 0 Å². The lowest BCUT2D eigenvalue weighted by molar-refractivity contribution is -0.00626. The number of anilines is 2. The molecule has 1 aliphatic rings. The standard InChI is InChI=1S/C10H16N4O2/c1-15-10(4-5-16-7-10)6-12-9-3-2-8(11)13-14-9/h2-3H,4-7H2,1H3,(H2,11,13)(H,12,14). The van der Waals surface area contributed by atoms with Gasteiger partial charge in [-0.2, -0.15) is 0 Å². The average molecular weight is 224 g/mol. The second-order valence-electron chi connectivity index (χ2n) is 3.89. The van der Waals surface area contributed by atoms with E-state index >= 15 is 0 Å². The van der Waals surface area contributed by atoms with Gasteiger partial charge in [-0.1, -0.05) is 0 Å². The summed E-state index contributed by atoms with van der Waals surface area (Å²) < 4.78 is 10.8. The van der Waals surface area contributed by atoms with E-state index in [0.717, 1.165) is 13.0 Å². The zero-order valence-electron chi connectivity index (χ0n) is 9.27. The van der Waals surface area contributed by atoms with E-state index in [-0.39, 0.29) is 5.60 Å². The lowest BCUT2D eigenvalue weighted by Gasteiger charge is -2.25. The zero-order valence-corrected chi connectivity index (χ0v) is 9.27. The molecule has 2 rings (SSSR count). The molecule has 1 fully saturated rings. The fourth-order valence-electron chi connectivity index (χ4n) is 1.65. The van der Waals surface area contributed by atoms with Crippen LogP contribution in [0.3, 0.4) is 0 Å². The van der Waals surface area contributed by atoms with Crippen LogP contribution in [0.5, 0.6) is 0 Å². The van der Waals surface area contributed by atoms with E-state index in [4.69, 9.17) is 15.2 Å². The summed E-state index contributed by atoms with van der Waals surface area (Å²) in [7, 11) is 1.70. The monoisotopic (exact) mass is 224 g/mol. The molecule has 0 aliphatic carbocycles. The van der Waals surface area contributed by atoms with Gasteiger partial charge in [-0.05, 0) is 12.1 Å². The molecular formula is C10H16N4O2. The molecule has 0 bridgehead atoms. The number of nitrogens with two attached hydrogens (primary N) is 1. The van der Waals surface area contributed by atoms with Crippen molar-refractivity contribution in [1.29, 1.82) is 0 Å². The SMILES string of the molecule is COC1(CNc2ccc(N)nn2)CCOC1. The first-order valence-electron chi connectivity index (χ1n) is 5.20. The molecular weight excluding hydrogens is 208 g/mol. The fraction of sp³-hybridized carbons (Fsp3) is 0.600. The number of nitrogen functional groups attached to an aromatic ring is 1. The Kier molecular flexibility index (Phi) is 3.21. The molecule has 1 saturated heterocycles. The minimum absolute atomic E-state index is 0.247. The number of nitrogens with zero attached hydrogens (tertiary/aromatic N) is 2. The molecule has 2 heterocycles. The minimum atomic E-state index is -0.247. The minimum Gasteiger partial charge on any atom is -0.382 e. The molecule has 3 N–H and O–H groups in total. The Morgan fingerprint density at radius 2 is 2.44 bits per heavy atom. The number of aromatic nitrogens is 2. The largest absolute Gasteiger partial charge is 0.382 e. The fourth-order valence-corrected chi connectivity index (χ4v) is 1.65. The van der Waals surface area contributed by atoms with Crippen LogP contribution in [0.2, 0.25) is 0 Å². The third kappa shape index (κ3) is 2.40. The predicted molar refractivity (Wildman–Crippen MR) is 60.1 cm³/mol. The molecule has 1 aromatic heterocycles. The first-order chi connectivity index (χ1) is 7.74. The Morgan fingerprint density at radius 3 is 3.00 bits per heavy atom. The maximum atomic E-state index is 5.48. The van der Waals surface area contributed by atoms with Crippen molar-refractivity contribution in [1.82, 2.24) is 10.2 Å². The molecule has 6 heteroatoms. The molecule has 16 heavy (non-hydrogen) atoms. The van der Waals surface area contributed by atoms with E-state index in [1.165, 1.54) is 0 Å². The molecule has 1 aromatic rings. The molecule has 0 saturated carbocycles. The molecule has 0 spiro atoms. The second-order valence-corrected chi connectivity index (χ2v) is 3.89. The molecule has 6 nitrogen and oxygen atoms in total. The third-order valence-corrected chi connectivity index (χ3v) is 2.78. The molecule has 0 amide bonds. The van der Waals surface area contributed by atoms with E-state index < -0.39 is 0 Å². The molecule has 1 aliphatic heterocycles. The van der Waals surface area contributed by atoms with Gasteiger partial charge >= 0.3 is 0 Å². The molecule has 0 aromatic carbocycles. The van der Waals surface area contributed by atoms with Gasteiger partial charge < -0.3 is 20.5 Å². The predicted octanol–water partition coefficient (Wildman–Crippen LogP) is 0.276. The van der Waals surface area contributed by atoms with Crippen molar-refractivity contribution in [3.8, 4) is 0 Å². The average Bonchev–Trinajstić information content (AvgIpc) is 2.78. The highest BCUT2D eigenvalue weighted by Crippen LogP contribution is 2.22. The van der Waals surface area contributed by atoms with Crippen molar-refractivity contribution in [2.45, 2.75) is 12.0 Å². The quantitative estimate of drug-likeness (QED) is 0.764. The molecule has 1 unspecified atom stereocenters. The lowest BCUT2D eigenvalue weighted by Crippen LogP contribution is -2.39. The van der Waals surface area contributed by atoms with Gasteiger partial charge in [-0.3, -0.25) is 0 Å². The Morgan fingerprint density at radius 1 is 1.56 bits per heavy atom. The van der Waals surface area contributed by atoms with Gasteiger partial charge in [0.25, 0.3) is 0 Å². The molecule has 88 valence electrons. The van der Waals surface area contributed by atoms with Crippen LogP contribution >= 0.6 is 0 Å². The number of methoxy groups -OCH3 is 1. The number of nitrogens with one attached hydrogen (secondary N) is 1. The highest BCUT2D eigenvalue weighted by molar-refractivity contribution is 5.38. The Balaban J connectivity index is 1.93. The number of hydrogen-bond acceptors (Lipinski definition) is 6. The smallest absolute Gasteiger partial charge is 0.148 e. The zero-order chi connectivity index (χ0) is 11.4. The van der Waals surface area contributed by atoms with Gasteiger partial charge in [0.05, 0.1) is 6.61 Å². The topological polar surface area (TPSA) is 82.3 Å². The van der Waals surface area contributed by atoms with E-state index in [0.29, 0.717) is 24.8 Å². The highest BCUT2D eigenvalue weighted by Gasteiger charge is 2.34. The van der Waals surface area contributed by atoms with Gasteiger partial charge in [-0.25, -0.2) is 0 Å². The van der Waals surface area contributed by atoms with Gasteiger partial charge in [0, 0.05) is 26.7 Å². The second kappa shape index (κ2) is 4.63. The van der Waals surface area contributed by atoms with E-state index in [1.807, 2.05) is 0 Å². The Bertz CT molecular complexity index is 335. The summed E-state index contributed by atoms with van der Waals surface area (Å²) in [5, 5.41) is 10.9. The van der Waals surface area contributed by atoms with Gasteiger partial charge in [-0.15, -0.1) is 10.2 Å². The van der Waals surface area contributed by atoms with Crippen LogP contribution in [-0.2, 0) is 9.47 Å². The first-order valence-corrected chi connectivity index (χ1v) is 5.20.